The van der Waals surface area contributed by atoms with Crippen molar-refractivity contribution in [2.24, 2.45) is 0 Å². The monoisotopic (exact) mass is 459 g/mol. The Bertz CT molecular complexity index is 1030. The van der Waals surface area contributed by atoms with Crippen LogP contribution < -0.4 is 0 Å². The van der Waals surface area contributed by atoms with E-state index in [1.807, 2.05) is 11.0 Å². The fourth-order valence-corrected chi connectivity index (χ4v) is 5.29. The lowest BCUT2D eigenvalue weighted by Gasteiger charge is -2.17. The molecule has 0 aliphatic carbocycles. The summed E-state index contributed by atoms with van der Waals surface area (Å²) in [4.78, 5) is 19.9. The quantitative estimate of drug-likeness (QED) is 0.241. The van der Waals surface area contributed by atoms with E-state index in [9.17, 15) is 4.79 Å². The third-order valence-corrected chi connectivity index (χ3v) is 7.26. The van der Waals surface area contributed by atoms with Crippen molar-refractivity contribution in [1.29, 1.82) is 0 Å². The number of carbonyl (C=O) groups excluding carboxylic acids is 1. The van der Waals surface area contributed by atoms with Crippen molar-refractivity contribution in [1.82, 2.24) is 14.5 Å². The van der Waals surface area contributed by atoms with Gasteiger partial charge >= 0.3 is 0 Å². The number of hydrogen-bond acceptors (Lipinski definition) is 2. The van der Waals surface area contributed by atoms with E-state index in [2.05, 4.69) is 60.0 Å². The van der Waals surface area contributed by atoms with Gasteiger partial charge in [0.2, 0.25) is 5.91 Å². The van der Waals surface area contributed by atoms with Gasteiger partial charge in [0.15, 0.2) is 0 Å². The zero-order chi connectivity index (χ0) is 23.6. The van der Waals surface area contributed by atoms with E-state index in [1.54, 1.807) is 0 Å². The topological polar surface area (TPSA) is 38.1 Å². The minimum atomic E-state index is 0.189. The highest BCUT2D eigenvalue weighted by atomic mass is 16.2. The van der Waals surface area contributed by atoms with Gasteiger partial charge in [0.1, 0.15) is 5.82 Å². The van der Waals surface area contributed by atoms with Crippen molar-refractivity contribution in [2.45, 2.75) is 90.0 Å². The molecule has 1 fully saturated rings. The highest BCUT2D eigenvalue weighted by Crippen LogP contribution is 2.31. The molecule has 4 nitrogen and oxygen atoms in total. The largest absolute Gasteiger partial charge is 0.342 e. The molecule has 34 heavy (non-hydrogen) atoms. The van der Waals surface area contributed by atoms with Gasteiger partial charge in [0.25, 0.3) is 0 Å². The van der Waals surface area contributed by atoms with E-state index in [4.69, 9.17) is 4.98 Å². The summed E-state index contributed by atoms with van der Waals surface area (Å²) in [7, 11) is 0. The molecule has 1 saturated heterocycles. The van der Waals surface area contributed by atoms with Crippen LogP contribution >= 0.6 is 0 Å². The Hall–Kier alpha value is -2.62. The fourth-order valence-electron chi connectivity index (χ4n) is 5.29. The lowest BCUT2D eigenvalue weighted by atomic mass is 10.1. The number of para-hydroxylation sites is 2. The SMILES string of the molecule is CCCCCCCCCCCn1c(C2CC(=O)N(CCc3ccccc3)C2)nc2ccccc21. The van der Waals surface area contributed by atoms with Gasteiger partial charge in [-0.25, -0.2) is 4.98 Å². The average Bonchev–Trinajstić information content (AvgIpc) is 3.42. The molecular weight excluding hydrogens is 418 g/mol. The second-order valence-electron chi connectivity index (χ2n) is 9.92. The molecule has 1 amide bonds. The second kappa shape index (κ2) is 12.7. The van der Waals surface area contributed by atoms with Crippen molar-refractivity contribution in [3.63, 3.8) is 0 Å². The van der Waals surface area contributed by atoms with Gasteiger partial charge in [-0.15, -0.1) is 0 Å². The average molecular weight is 460 g/mol. The summed E-state index contributed by atoms with van der Waals surface area (Å²) in [6.45, 7) is 4.85. The molecule has 1 atom stereocenters. The molecule has 1 aliphatic heterocycles. The van der Waals surface area contributed by atoms with Gasteiger partial charge < -0.3 is 9.47 Å². The summed E-state index contributed by atoms with van der Waals surface area (Å²) in [6.07, 6.45) is 13.5. The Morgan fingerprint density at radius 2 is 1.50 bits per heavy atom. The molecule has 3 aromatic rings. The van der Waals surface area contributed by atoms with E-state index in [-0.39, 0.29) is 11.8 Å². The lowest BCUT2D eigenvalue weighted by Crippen LogP contribution is -2.27. The summed E-state index contributed by atoms with van der Waals surface area (Å²) < 4.78 is 2.41. The number of aromatic nitrogens is 2. The molecule has 1 aliphatic rings. The van der Waals surface area contributed by atoms with Crippen molar-refractivity contribution in [2.75, 3.05) is 13.1 Å². The van der Waals surface area contributed by atoms with E-state index in [1.165, 1.54) is 68.9 Å². The fraction of sp³-hybridized carbons (Fsp3) is 0.533. The van der Waals surface area contributed by atoms with Crippen LogP contribution in [0.4, 0.5) is 0 Å². The van der Waals surface area contributed by atoms with Crippen LogP contribution in [0.1, 0.15) is 88.4 Å². The molecule has 0 spiro atoms. The standard InChI is InChI=1S/C30H41N3O/c1-2-3-4-5-6-7-8-9-15-21-33-28-19-14-13-18-27(28)31-30(33)26-23-29(34)32(24-26)22-20-25-16-11-10-12-17-25/h10-14,16-19,26H,2-9,15,20-24H2,1H3. The highest BCUT2D eigenvalue weighted by Gasteiger charge is 2.33. The first kappa shape index (κ1) is 24.5. The molecule has 0 radical (unpaired) electrons. The minimum Gasteiger partial charge on any atom is -0.342 e. The van der Waals surface area contributed by atoms with Gasteiger partial charge in [0.05, 0.1) is 11.0 Å². The molecule has 4 rings (SSSR count). The number of nitrogens with zero attached hydrogens (tertiary/aromatic N) is 3. The van der Waals surface area contributed by atoms with Crippen LogP contribution in [-0.2, 0) is 17.8 Å². The van der Waals surface area contributed by atoms with Crippen LogP contribution in [0.2, 0.25) is 0 Å². The third kappa shape index (κ3) is 6.49. The summed E-state index contributed by atoms with van der Waals surface area (Å²) in [6, 6.07) is 18.9. The molecule has 0 N–H and O–H groups in total. The Balaban J connectivity index is 1.34. The van der Waals surface area contributed by atoms with Crippen LogP contribution in [0.5, 0.6) is 0 Å². The first-order valence-corrected chi connectivity index (χ1v) is 13.5. The second-order valence-corrected chi connectivity index (χ2v) is 9.92. The number of likely N-dealkylation sites (tertiary alicyclic amines) is 1. The van der Waals surface area contributed by atoms with Gasteiger partial charge in [-0.1, -0.05) is 101 Å². The summed E-state index contributed by atoms with van der Waals surface area (Å²) in [5.41, 5.74) is 3.56. The number of rotatable bonds is 14. The molecule has 2 heterocycles. The minimum absolute atomic E-state index is 0.189. The van der Waals surface area contributed by atoms with Crippen molar-refractivity contribution >= 4 is 16.9 Å². The van der Waals surface area contributed by atoms with Crippen molar-refractivity contribution in [3.05, 3.63) is 66.0 Å². The van der Waals surface area contributed by atoms with Crippen LogP contribution in [0.15, 0.2) is 54.6 Å². The Labute approximate surface area is 205 Å². The normalized spacial score (nSPS) is 16.1. The van der Waals surface area contributed by atoms with E-state index >= 15 is 0 Å². The molecule has 1 unspecified atom stereocenters. The predicted molar refractivity (Wildman–Crippen MR) is 141 cm³/mol. The summed E-state index contributed by atoms with van der Waals surface area (Å²) >= 11 is 0. The maximum absolute atomic E-state index is 12.8. The zero-order valence-electron chi connectivity index (χ0n) is 20.9. The highest BCUT2D eigenvalue weighted by molar-refractivity contribution is 5.81. The number of benzene rings is 2. The maximum Gasteiger partial charge on any atom is 0.223 e. The summed E-state index contributed by atoms with van der Waals surface area (Å²) in [5, 5.41) is 0. The number of unbranched alkanes of at least 4 members (excludes halogenated alkanes) is 8. The number of aryl methyl sites for hydroxylation is 1. The van der Waals surface area contributed by atoms with Gasteiger partial charge in [0, 0.05) is 32.0 Å². The smallest absolute Gasteiger partial charge is 0.223 e. The molecule has 0 saturated carbocycles. The lowest BCUT2D eigenvalue weighted by molar-refractivity contribution is -0.127. The van der Waals surface area contributed by atoms with E-state index in [0.717, 1.165) is 37.4 Å². The van der Waals surface area contributed by atoms with Crippen LogP contribution in [0, 0.1) is 0 Å². The Kier molecular flexibility index (Phi) is 9.18. The van der Waals surface area contributed by atoms with Crippen molar-refractivity contribution < 1.29 is 4.79 Å². The maximum atomic E-state index is 12.8. The molecule has 0 bridgehead atoms. The first-order valence-electron chi connectivity index (χ1n) is 13.5. The Morgan fingerprint density at radius 1 is 0.824 bits per heavy atom. The van der Waals surface area contributed by atoms with E-state index < -0.39 is 0 Å². The number of fused-ring (bicyclic) bond motifs is 1. The van der Waals surface area contributed by atoms with Gasteiger partial charge in [-0.05, 0) is 30.5 Å². The van der Waals surface area contributed by atoms with Crippen LogP contribution in [-0.4, -0.2) is 33.4 Å². The van der Waals surface area contributed by atoms with Gasteiger partial charge in [-0.3, -0.25) is 4.79 Å². The number of carbonyl (C=O) groups is 1. The van der Waals surface area contributed by atoms with E-state index in [0.29, 0.717) is 6.42 Å². The van der Waals surface area contributed by atoms with Crippen LogP contribution in [0.3, 0.4) is 0 Å². The Morgan fingerprint density at radius 3 is 2.26 bits per heavy atom. The van der Waals surface area contributed by atoms with Crippen LogP contribution in [0.25, 0.3) is 11.0 Å². The first-order chi connectivity index (χ1) is 16.8. The number of amides is 1. The molecule has 182 valence electrons. The molecular formula is C30H41N3O. The zero-order valence-corrected chi connectivity index (χ0v) is 20.9. The van der Waals surface area contributed by atoms with Gasteiger partial charge in [-0.2, -0.15) is 0 Å². The summed E-state index contributed by atoms with van der Waals surface area (Å²) in [5.74, 6) is 1.56. The number of hydrogen-bond donors (Lipinski definition) is 0. The molecule has 2 aromatic carbocycles. The molecule has 1 aromatic heterocycles. The predicted octanol–water partition coefficient (Wildman–Crippen LogP) is 7.13. The third-order valence-electron chi connectivity index (χ3n) is 7.26. The van der Waals surface area contributed by atoms with Crippen molar-refractivity contribution in [3.8, 4) is 0 Å². The molecule has 4 heteroatoms. The number of imidazole rings is 1.